The van der Waals surface area contributed by atoms with Crippen LogP contribution in [0.25, 0.3) is 0 Å². The summed E-state index contributed by atoms with van der Waals surface area (Å²) in [6, 6.07) is 5.86. The van der Waals surface area contributed by atoms with E-state index >= 15 is 8.78 Å². The summed E-state index contributed by atoms with van der Waals surface area (Å²) in [4.78, 5) is 10.7. The van der Waals surface area contributed by atoms with E-state index in [2.05, 4.69) is 0 Å². The van der Waals surface area contributed by atoms with Crippen LogP contribution in [0.5, 0.6) is 0 Å². The van der Waals surface area contributed by atoms with E-state index in [0.29, 0.717) is 0 Å². The first-order valence-electron chi connectivity index (χ1n) is 7.87. The molecule has 0 saturated heterocycles. The maximum absolute atomic E-state index is 15.2. The molecule has 2 rings (SSSR count). The number of rotatable bonds is 2. The van der Waals surface area contributed by atoms with Gasteiger partial charge in [0.1, 0.15) is 6.10 Å². The Morgan fingerprint density at radius 3 is 2.36 bits per heavy atom. The second kappa shape index (κ2) is 5.90. The molecule has 2 atom stereocenters. The van der Waals surface area contributed by atoms with E-state index in [1.807, 2.05) is 39.8 Å². The zero-order valence-electron chi connectivity index (χ0n) is 14.9. The van der Waals surface area contributed by atoms with E-state index in [1.54, 1.807) is 12.0 Å². The molecule has 0 amide bonds. The molecule has 4 nitrogen and oxygen atoms in total. The highest BCUT2D eigenvalue weighted by Crippen LogP contribution is 2.57. The third-order valence-electron chi connectivity index (χ3n) is 5.01. The van der Waals surface area contributed by atoms with Crippen LogP contribution in [0, 0.1) is 11.8 Å². The van der Waals surface area contributed by atoms with Crippen LogP contribution in [0.3, 0.4) is 0 Å². The monoisotopic (exact) mass is 368 g/mol. The second-order valence-electron chi connectivity index (χ2n) is 7.73. The number of halogens is 2. The first kappa shape index (κ1) is 19.6. The third-order valence-corrected chi connectivity index (χ3v) is 9.45. The molecule has 0 heterocycles. The van der Waals surface area contributed by atoms with Crippen molar-refractivity contribution >= 4 is 14.3 Å². The van der Waals surface area contributed by atoms with Crippen molar-refractivity contribution in [3.63, 3.8) is 0 Å². The van der Waals surface area contributed by atoms with Crippen molar-refractivity contribution in [3.8, 4) is 11.8 Å². The molecule has 25 heavy (non-hydrogen) atoms. The molecule has 1 aliphatic rings. The third kappa shape index (κ3) is 3.10. The average molecular weight is 368 g/mol. The Balaban J connectivity index is 2.61. The van der Waals surface area contributed by atoms with Gasteiger partial charge >= 0.3 is 11.9 Å². The molecular weight excluding hydrogens is 346 g/mol. The minimum Gasteiger partial charge on any atom is -0.472 e. The van der Waals surface area contributed by atoms with Crippen LogP contribution in [0.4, 0.5) is 8.78 Å². The second-order valence-corrected chi connectivity index (χ2v) is 12.5. The van der Waals surface area contributed by atoms with Crippen LogP contribution in [0.2, 0.25) is 18.1 Å². The largest absolute Gasteiger partial charge is 0.472 e. The van der Waals surface area contributed by atoms with Gasteiger partial charge in [0, 0.05) is 11.5 Å². The van der Waals surface area contributed by atoms with Gasteiger partial charge in [-0.25, -0.2) is 4.79 Å². The number of hydrogen-bond donors (Lipinski definition) is 2. The maximum Gasteiger partial charge on any atom is 0.382 e. The number of carboxylic acid groups (broad SMARTS) is 1. The molecule has 0 bridgehead atoms. The molecule has 0 spiro atoms. The zero-order valence-corrected chi connectivity index (χ0v) is 15.9. The summed E-state index contributed by atoms with van der Waals surface area (Å²) in [5.74, 6) is -1.89. The van der Waals surface area contributed by atoms with Gasteiger partial charge in [0.25, 0.3) is 0 Å². The molecule has 1 aliphatic carbocycles. The summed E-state index contributed by atoms with van der Waals surface area (Å²) < 4.78 is 36.3. The van der Waals surface area contributed by atoms with E-state index in [9.17, 15) is 9.90 Å². The van der Waals surface area contributed by atoms with E-state index in [1.165, 1.54) is 18.2 Å². The number of aliphatic hydroxyl groups is 1. The van der Waals surface area contributed by atoms with Crippen LogP contribution in [-0.2, 0) is 14.8 Å². The Hall–Kier alpha value is -1.75. The summed E-state index contributed by atoms with van der Waals surface area (Å²) in [5.41, 5.74) is -2.88. The van der Waals surface area contributed by atoms with Crippen LogP contribution < -0.4 is 0 Å². The fourth-order valence-corrected chi connectivity index (χ4v) is 3.74. The van der Waals surface area contributed by atoms with Crippen LogP contribution in [-0.4, -0.2) is 30.4 Å². The number of fused-ring (bicyclic) bond motifs is 1. The number of aliphatic carboxylic acids is 1. The lowest BCUT2D eigenvalue weighted by molar-refractivity contribution is -0.193. The minimum absolute atomic E-state index is 0.113. The quantitative estimate of drug-likeness (QED) is 0.617. The normalized spacial score (nSPS) is 25.0. The molecule has 7 heteroatoms. The molecule has 0 fully saturated rings. The highest BCUT2D eigenvalue weighted by molar-refractivity contribution is 6.74. The highest BCUT2D eigenvalue weighted by atomic mass is 28.4. The van der Waals surface area contributed by atoms with Gasteiger partial charge in [-0.3, -0.25) is 0 Å². The van der Waals surface area contributed by atoms with Gasteiger partial charge < -0.3 is 14.6 Å². The average Bonchev–Trinajstić information content (AvgIpc) is 2.63. The molecule has 1 aromatic carbocycles. The summed E-state index contributed by atoms with van der Waals surface area (Å²) in [6.45, 7) is 9.45. The first-order chi connectivity index (χ1) is 11.2. The van der Waals surface area contributed by atoms with Crippen LogP contribution in [0.1, 0.15) is 38.0 Å². The summed E-state index contributed by atoms with van der Waals surface area (Å²) in [6.07, 6.45) is -1.68. The van der Waals surface area contributed by atoms with Gasteiger partial charge in [-0.1, -0.05) is 45.0 Å². The van der Waals surface area contributed by atoms with Crippen molar-refractivity contribution in [2.75, 3.05) is 0 Å². The fraction of sp³-hybridized carbons (Fsp3) is 0.500. The Bertz CT molecular complexity index is 758. The van der Waals surface area contributed by atoms with Crippen LogP contribution >= 0.6 is 0 Å². The molecule has 0 aromatic heterocycles. The fourth-order valence-electron chi connectivity index (χ4n) is 2.52. The Labute approximate surface area is 147 Å². The Morgan fingerprint density at radius 1 is 1.28 bits per heavy atom. The molecule has 136 valence electrons. The molecule has 0 unspecified atom stereocenters. The van der Waals surface area contributed by atoms with Gasteiger partial charge in [-0.05, 0) is 29.6 Å². The molecule has 0 saturated carbocycles. The van der Waals surface area contributed by atoms with Crippen molar-refractivity contribution in [3.05, 3.63) is 35.4 Å². The number of alkyl halides is 2. The molecule has 0 radical (unpaired) electrons. The highest BCUT2D eigenvalue weighted by Gasteiger charge is 2.67. The van der Waals surface area contributed by atoms with Crippen LogP contribution in [0.15, 0.2) is 24.3 Å². The molecule has 2 N–H and O–H groups in total. The predicted octanol–water partition coefficient (Wildman–Crippen LogP) is 3.67. The van der Waals surface area contributed by atoms with E-state index in [0.717, 1.165) is 0 Å². The lowest BCUT2D eigenvalue weighted by Crippen LogP contribution is -2.49. The van der Waals surface area contributed by atoms with E-state index < -0.39 is 31.9 Å². The van der Waals surface area contributed by atoms with Crippen molar-refractivity contribution in [2.24, 2.45) is 0 Å². The maximum atomic E-state index is 15.2. The van der Waals surface area contributed by atoms with E-state index in [-0.39, 0.29) is 16.2 Å². The number of hydrogen-bond acceptors (Lipinski definition) is 3. The Kier molecular flexibility index (Phi) is 4.62. The van der Waals surface area contributed by atoms with Gasteiger partial charge in [0.2, 0.25) is 5.60 Å². The summed E-state index contributed by atoms with van der Waals surface area (Å²) in [5, 5.41) is 19.0. The van der Waals surface area contributed by atoms with Crippen molar-refractivity contribution in [1.29, 1.82) is 0 Å². The van der Waals surface area contributed by atoms with Crippen molar-refractivity contribution in [1.82, 2.24) is 0 Å². The predicted molar refractivity (Wildman–Crippen MR) is 91.7 cm³/mol. The first-order valence-corrected chi connectivity index (χ1v) is 10.8. The van der Waals surface area contributed by atoms with Gasteiger partial charge in [-0.15, -0.1) is 0 Å². The molecular formula is C18H22F2O4Si. The lowest BCUT2D eigenvalue weighted by Gasteiger charge is -2.40. The SMILES string of the molecule is CC(C)(C)[Si](C)(C)O[C@H]1c2ccccc2[C@](O)(C#CC(=O)O)C1(F)F. The van der Waals surface area contributed by atoms with Crippen molar-refractivity contribution in [2.45, 2.75) is 56.5 Å². The zero-order chi connectivity index (χ0) is 19.3. The van der Waals surface area contributed by atoms with Gasteiger partial charge in [0.05, 0.1) is 0 Å². The number of benzene rings is 1. The number of carboxylic acids is 1. The number of carbonyl (C=O) groups is 1. The van der Waals surface area contributed by atoms with Gasteiger partial charge in [-0.2, -0.15) is 8.78 Å². The molecule has 1 aromatic rings. The smallest absolute Gasteiger partial charge is 0.382 e. The summed E-state index contributed by atoms with van der Waals surface area (Å²) >= 11 is 0. The minimum atomic E-state index is -3.78. The van der Waals surface area contributed by atoms with Crippen molar-refractivity contribution < 1.29 is 28.2 Å². The summed E-state index contributed by atoms with van der Waals surface area (Å²) in [7, 11) is -2.59. The standard InChI is InChI=1S/C18H22F2O4Si/c1-16(2,3)25(4,5)24-15-12-8-6-7-9-13(12)17(23,18(15,19)20)11-10-14(21)22/h6-9,15,23H,1-5H3,(H,21,22)/t15-,17+/m0/s1. The topological polar surface area (TPSA) is 66.8 Å². The molecule has 0 aliphatic heterocycles. The van der Waals surface area contributed by atoms with Gasteiger partial charge in [0.15, 0.2) is 8.32 Å². The Morgan fingerprint density at radius 2 is 1.84 bits per heavy atom. The lowest BCUT2D eigenvalue weighted by atomic mass is 9.94. The van der Waals surface area contributed by atoms with E-state index in [4.69, 9.17) is 9.53 Å².